The molecule has 2 rings (SSSR count). The maximum absolute atomic E-state index is 12.3. The van der Waals surface area contributed by atoms with Crippen molar-refractivity contribution in [3.63, 3.8) is 0 Å². The minimum absolute atomic E-state index is 0.205. The maximum Gasteiger partial charge on any atom is 0.203 e. The van der Waals surface area contributed by atoms with E-state index in [0.717, 1.165) is 5.56 Å². The standard InChI is InChI=1S/C22H27NO8S2/c1-26-17-11-15(12-18(27-2)21(17)30-5)7-9-32(24)23-33(25)10-8-16-13-19(28-3)22(31-6)20(14-16)29-4/h11-14,23H,7,9H2,1-6H3. The molecule has 0 radical (unpaired) electrons. The average Bonchev–Trinajstić information content (AvgIpc) is 2.84. The number of nitrogens with one attached hydrogen (secondary N) is 1. The number of hydrogen-bond donors (Lipinski definition) is 1. The zero-order valence-corrected chi connectivity index (χ0v) is 20.9. The number of rotatable bonds is 11. The third kappa shape index (κ3) is 7.02. The first kappa shape index (κ1) is 26.3. The third-order valence-corrected chi connectivity index (χ3v) is 6.63. The Morgan fingerprint density at radius 1 is 0.727 bits per heavy atom. The minimum atomic E-state index is -1.84. The summed E-state index contributed by atoms with van der Waals surface area (Å²) in [5.41, 5.74) is 1.33. The van der Waals surface area contributed by atoms with Crippen LogP contribution in [0.4, 0.5) is 0 Å². The molecular weight excluding hydrogens is 470 g/mol. The molecule has 0 amide bonds. The van der Waals surface area contributed by atoms with E-state index in [2.05, 4.69) is 15.3 Å². The summed E-state index contributed by atoms with van der Waals surface area (Å²) in [5.74, 6) is 5.73. The second-order valence-electron chi connectivity index (χ2n) is 6.33. The molecule has 0 aliphatic carbocycles. The molecule has 0 aromatic heterocycles. The summed E-state index contributed by atoms with van der Waals surface area (Å²) in [4.78, 5) is 0. The van der Waals surface area contributed by atoms with Crippen LogP contribution >= 0.6 is 0 Å². The van der Waals surface area contributed by atoms with Crippen LogP contribution in [0.2, 0.25) is 0 Å². The molecule has 0 fully saturated rings. The van der Waals surface area contributed by atoms with Crippen molar-refractivity contribution in [1.29, 1.82) is 0 Å². The van der Waals surface area contributed by atoms with Gasteiger partial charge in [0.2, 0.25) is 11.5 Å². The summed E-state index contributed by atoms with van der Waals surface area (Å²) in [6.45, 7) is 0. The average molecular weight is 498 g/mol. The van der Waals surface area contributed by atoms with Crippen molar-refractivity contribution in [2.45, 2.75) is 6.42 Å². The molecule has 0 bridgehead atoms. The Morgan fingerprint density at radius 3 is 1.61 bits per heavy atom. The van der Waals surface area contributed by atoms with Crippen molar-refractivity contribution < 1.29 is 36.8 Å². The quantitative estimate of drug-likeness (QED) is 0.472. The Morgan fingerprint density at radius 2 is 1.18 bits per heavy atom. The fourth-order valence-corrected chi connectivity index (χ4v) is 4.70. The predicted molar refractivity (Wildman–Crippen MR) is 127 cm³/mol. The molecule has 0 spiro atoms. The summed E-state index contributed by atoms with van der Waals surface area (Å²) >= 11 is 0. The zero-order chi connectivity index (χ0) is 24.4. The highest BCUT2D eigenvalue weighted by Crippen LogP contribution is 2.39. The van der Waals surface area contributed by atoms with Crippen LogP contribution in [0, 0.1) is 11.2 Å². The lowest BCUT2D eigenvalue weighted by Gasteiger charge is -2.14. The molecule has 0 heterocycles. The summed E-state index contributed by atoms with van der Waals surface area (Å²) in [7, 11) is 5.62. The van der Waals surface area contributed by atoms with Crippen LogP contribution < -0.4 is 32.5 Å². The van der Waals surface area contributed by atoms with Gasteiger partial charge in [0.1, 0.15) is 11.0 Å². The van der Waals surface area contributed by atoms with Crippen LogP contribution in [0.1, 0.15) is 11.1 Å². The van der Waals surface area contributed by atoms with Gasteiger partial charge in [-0.2, -0.15) is 0 Å². The van der Waals surface area contributed by atoms with Crippen molar-refractivity contribution in [3.8, 4) is 45.7 Å². The SMILES string of the molecule is COc1cc(C#CS(=O)NS(=O)CCc2cc(OC)c(OC)c(OC)c2)cc(OC)c1OC. The highest BCUT2D eigenvalue weighted by molar-refractivity contribution is 8.00. The van der Waals surface area contributed by atoms with Gasteiger partial charge in [-0.3, -0.25) is 0 Å². The van der Waals surface area contributed by atoms with Gasteiger partial charge in [0.25, 0.3) is 0 Å². The van der Waals surface area contributed by atoms with Crippen LogP contribution in [0.15, 0.2) is 24.3 Å². The van der Waals surface area contributed by atoms with Gasteiger partial charge in [-0.25, -0.2) is 8.42 Å². The van der Waals surface area contributed by atoms with Crippen LogP contribution in [0.25, 0.3) is 0 Å². The van der Waals surface area contributed by atoms with Crippen molar-refractivity contribution in [2.24, 2.45) is 0 Å². The highest BCUT2D eigenvalue weighted by atomic mass is 32.3. The summed E-state index contributed by atoms with van der Waals surface area (Å²) < 4.78 is 58.8. The van der Waals surface area contributed by atoms with Gasteiger partial charge >= 0.3 is 0 Å². The number of benzene rings is 2. The second kappa shape index (κ2) is 12.9. The van der Waals surface area contributed by atoms with E-state index in [1.54, 1.807) is 24.3 Å². The predicted octanol–water partition coefficient (Wildman–Crippen LogP) is 2.21. The molecule has 0 saturated carbocycles. The Bertz CT molecular complexity index is 1030. The van der Waals surface area contributed by atoms with E-state index in [0.29, 0.717) is 46.5 Å². The van der Waals surface area contributed by atoms with E-state index in [9.17, 15) is 8.42 Å². The third-order valence-electron chi connectivity index (χ3n) is 4.42. The largest absolute Gasteiger partial charge is 0.493 e. The molecule has 2 unspecified atom stereocenters. The molecule has 9 nitrogen and oxygen atoms in total. The second-order valence-corrected chi connectivity index (χ2v) is 8.83. The fraction of sp³-hybridized carbons (Fsp3) is 0.364. The Hall–Kier alpha value is -2.94. The molecule has 0 aliphatic rings. The van der Waals surface area contributed by atoms with Gasteiger partial charge in [-0.05, 0) is 36.2 Å². The van der Waals surface area contributed by atoms with Crippen LogP contribution in [0.3, 0.4) is 0 Å². The molecule has 2 atom stereocenters. The van der Waals surface area contributed by atoms with Gasteiger partial charge in [0.15, 0.2) is 34.0 Å². The van der Waals surface area contributed by atoms with Crippen LogP contribution in [-0.4, -0.2) is 56.8 Å². The Labute approximate surface area is 198 Å². The lowest BCUT2D eigenvalue weighted by molar-refractivity contribution is 0.324. The number of hydrogen-bond acceptors (Lipinski definition) is 8. The van der Waals surface area contributed by atoms with E-state index in [1.807, 2.05) is 0 Å². The van der Waals surface area contributed by atoms with Gasteiger partial charge in [-0.15, -0.1) is 4.13 Å². The smallest absolute Gasteiger partial charge is 0.203 e. The molecule has 1 N–H and O–H groups in total. The van der Waals surface area contributed by atoms with Crippen molar-refractivity contribution in [3.05, 3.63) is 35.4 Å². The van der Waals surface area contributed by atoms with Gasteiger partial charge < -0.3 is 28.4 Å². The summed E-state index contributed by atoms with van der Waals surface area (Å²) in [5, 5.41) is 2.53. The van der Waals surface area contributed by atoms with Crippen LogP contribution in [-0.2, 0) is 28.4 Å². The summed E-state index contributed by atoms with van der Waals surface area (Å²) in [6, 6.07) is 6.82. The van der Waals surface area contributed by atoms with Gasteiger partial charge in [-0.1, -0.05) is 5.92 Å². The van der Waals surface area contributed by atoms with E-state index in [4.69, 9.17) is 28.4 Å². The van der Waals surface area contributed by atoms with Crippen LogP contribution in [0.5, 0.6) is 34.5 Å². The van der Waals surface area contributed by atoms with Crippen molar-refractivity contribution in [2.75, 3.05) is 48.4 Å². The van der Waals surface area contributed by atoms with E-state index in [-0.39, 0.29) is 5.75 Å². The Kier molecular flexibility index (Phi) is 10.3. The van der Waals surface area contributed by atoms with E-state index < -0.39 is 22.0 Å². The fourth-order valence-electron chi connectivity index (χ4n) is 2.90. The molecule has 2 aromatic rings. The monoisotopic (exact) mass is 497 g/mol. The first-order valence-corrected chi connectivity index (χ1v) is 12.0. The highest BCUT2D eigenvalue weighted by Gasteiger charge is 2.15. The normalized spacial score (nSPS) is 12.1. The minimum Gasteiger partial charge on any atom is -0.493 e. The van der Waals surface area contributed by atoms with Crippen molar-refractivity contribution in [1.82, 2.24) is 4.13 Å². The number of aryl methyl sites for hydroxylation is 1. The zero-order valence-electron chi connectivity index (χ0n) is 19.3. The first-order valence-electron chi connectivity index (χ1n) is 9.57. The topological polar surface area (TPSA) is 102 Å². The molecule has 0 aliphatic heterocycles. The number of methoxy groups -OCH3 is 6. The van der Waals surface area contributed by atoms with Gasteiger partial charge in [0, 0.05) is 16.6 Å². The molecule has 2 aromatic carbocycles. The van der Waals surface area contributed by atoms with Crippen molar-refractivity contribution >= 4 is 22.0 Å². The molecule has 0 saturated heterocycles. The van der Waals surface area contributed by atoms with E-state index in [1.165, 1.54) is 42.7 Å². The Balaban J connectivity index is 2.04. The van der Waals surface area contributed by atoms with Gasteiger partial charge in [0.05, 0.1) is 42.7 Å². The number of ether oxygens (including phenoxy) is 6. The summed E-state index contributed by atoms with van der Waals surface area (Å²) in [6.07, 6.45) is 0.424. The lowest BCUT2D eigenvalue weighted by Crippen LogP contribution is -2.22. The first-order chi connectivity index (χ1) is 15.9. The molecule has 33 heavy (non-hydrogen) atoms. The molecule has 11 heteroatoms. The van der Waals surface area contributed by atoms with E-state index >= 15 is 0 Å². The molecular formula is C22H27NO8S2. The maximum atomic E-state index is 12.3. The lowest BCUT2D eigenvalue weighted by atomic mass is 10.1. The molecule has 180 valence electrons.